The number of ether oxygens (including phenoxy) is 2. The van der Waals surface area contributed by atoms with Gasteiger partial charge in [-0.3, -0.25) is 13.9 Å². The molecule has 13 nitrogen and oxygen atoms in total. The number of halogens is 2. The molecule has 0 radical (unpaired) electrons. The molecule has 4 rings (SSSR count). The van der Waals surface area contributed by atoms with Crippen LogP contribution in [-0.2, 0) is 23.4 Å². The highest BCUT2D eigenvalue weighted by Gasteiger charge is 2.56. The highest BCUT2D eigenvalue weighted by molar-refractivity contribution is 7.52. The molecule has 3 aromatic rings. The third kappa shape index (κ3) is 6.04. The van der Waals surface area contributed by atoms with E-state index in [0.717, 1.165) is 0 Å². The first-order chi connectivity index (χ1) is 17.9. The summed E-state index contributed by atoms with van der Waals surface area (Å²) in [4.78, 5) is 24.5. The highest BCUT2D eigenvalue weighted by Crippen LogP contribution is 2.50. The lowest BCUT2D eigenvalue weighted by Crippen LogP contribution is -2.39. The Balaban J connectivity index is 1.54. The Labute approximate surface area is 228 Å². The lowest BCUT2D eigenvalue weighted by molar-refractivity contribution is -0.149. The number of fused-ring (bicyclic) bond motifs is 1. The van der Waals surface area contributed by atoms with E-state index in [1.165, 1.54) is 24.1 Å². The van der Waals surface area contributed by atoms with Crippen molar-refractivity contribution in [2.45, 2.75) is 55.7 Å². The summed E-state index contributed by atoms with van der Waals surface area (Å²) in [5.74, 6) is -0.312. The van der Waals surface area contributed by atoms with Crippen molar-refractivity contribution in [1.82, 2.24) is 24.6 Å². The first-order valence-electron chi connectivity index (χ1n) is 11.5. The van der Waals surface area contributed by atoms with E-state index in [2.05, 4.69) is 20.0 Å². The maximum Gasteiger partial charge on any atom is 0.459 e. The number of carbonyl (C=O) groups excluding carboxylic acids is 1. The van der Waals surface area contributed by atoms with Crippen molar-refractivity contribution in [3.63, 3.8) is 0 Å². The number of aromatic nitrogens is 4. The van der Waals surface area contributed by atoms with E-state index in [1.807, 2.05) is 0 Å². The van der Waals surface area contributed by atoms with Crippen molar-refractivity contribution in [3.05, 3.63) is 43.0 Å². The van der Waals surface area contributed by atoms with Crippen LogP contribution in [0.25, 0.3) is 11.2 Å². The predicted molar refractivity (Wildman–Crippen MR) is 139 cm³/mol. The molecule has 1 aliphatic heterocycles. The van der Waals surface area contributed by atoms with Crippen molar-refractivity contribution in [2.75, 3.05) is 12.3 Å². The largest absolute Gasteiger partial charge is 0.462 e. The van der Waals surface area contributed by atoms with Crippen LogP contribution in [0.3, 0.4) is 0 Å². The Morgan fingerprint density at radius 2 is 1.97 bits per heavy atom. The monoisotopic (exact) mass is 588 g/mol. The summed E-state index contributed by atoms with van der Waals surface area (Å²) in [7, 11) is -4.23. The number of aliphatic hydroxyl groups excluding tert-OH is 1. The summed E-state index contributed by atoms with van der Waals surface area (Å²) >= 11 is 13.0. The molecule has 1 aromatic carbocycles. The average molecular weight is 589 g/mol. The summed E-state index contributed by atoms with van der Waals surface area (Å²) in [6.45, 7) is 4.34. The van der Waals surface area contributed by atoms with Crippen molar-refractivity contribution in [1.29, 1.82) is 0 Å². The van der Waals surface area contributed by atoms with Crippen LogP contribution in [0.4, 0.5) is 5.82 Å². The third-order valence-corrected chi connectivity index (χ3v) is 7.92. The lowest BCUT2D eigenvalue weighted by Gasteiger charge is -2.25. The zero-order valence-corrected chi connectivity index (χ0v) is 23.0. The molecule has 0 aliphatic carbocycles. The van der Waals surface area contributed by atoms with Gasteiger partial charge in [0.2, 0.25) is 0 Å². The van der Waals surface area contributed by atoms with Gasteiger partial charge < -0.3 is 24.8 Å². The van der Waals surface area contributed by atoms with Gasteiger partial charge in [-0.2, -0.15) is 5.09 Å². The number of nitrogens with zero attached hydrogens (tertiary/aromatic N) is 4. The molecule has 38 heavy (non-hydrogen) atoms. The van der Waals surface area contributed by atoms with E-state index in [0.29, 0.717) is 5.52 Å². The van der Waals surface area contributed by atoms with Crippen molar-refractivity contribution in [2.24, 2.45) is 0 Å². The van der Waals surface area contributed by atoms with Crippen LogP contribution in [-0.4, -0.2) is 65.9 Å². The number of benzene rings is 1. The van der Waals surface area contributed by atoms with Crippen LogP contribution in [0, 0.1) is 0 Å². The summed E-state index contributed by atoms with van der Waals surface area (Å²) in [6.07, 6.45) is -1.64. The van der Waals surface area contributed by atoms with Gasteiger partial charge in [-0.05, 0) is 32.9 Å². The fourth-order valence-electron chi connectivity index (χ4n) is 3.65. The van der Waals surface area contributed by atoms with Crippen LogP contribution in [0.1, 0.15) is 27.0 Å². The zero-order valence-electron chi connectivity index (χ0n) is 20.6. The molecular formula is C22H27Cl2N6O7P. The number of para-hydroxylation sites is 1. The Kier molecular flexibility index (Phi) is 8.48. The molecule has 206 valence electrons. The number of esters is 1. The van der Waals surface area contributed by atoms with Crippen LogP contribution >= 0.6 is 30.9 Å². The molecule has 4 N–H and O–H groups in total. The molecular weight excluding hydrogens is 562 g/mol. The van der Waals surface area contributed by atoms with E-state index in [-0.39, 0.29) is 23.3 Å². The molecule has 16 heteroatoms. The Bertz CT molecular complexity index is 1330. The highest BCUT2D eigenvalue weighted by atomic mass is 35.5. The van der Waals surface area contributed by atoms with Crippen LogP contribution in [0.2, 0.25) is 0 Å². The molecule has 5 atom stereocenters. The fraction of sp³-hybridized carbons (Fsp3) is 0.455. The number of nitrogens with one attached hydrogen (secondary N) is 1. The minimum Gasteiger partial charge on any atom is -0.462 e. The second-order valence-corrected chi connectivity index (χ2v) is 11.9. The van der Waals surface area contributed by atoms with Crippen LogP contribution in [0.15, 0.2) is 43.0 Å². The lowest BCUT2D eigenvalue weighted by atomic mass is 10.2. The second-order valence-electron chi connectivity index (χ2n) is 8.76. The summed E-state index contributed by atoms with van der Waals surface area (Å²) in [5.41, 5.74) is 6.42. The Morgan fingerprint density at radius 3 is 2.66 bits per heavy atom. The molecule has 1 saturated heterocycles. The van der Waals surface area contributed by atoms with E-state index >= 15 is 0 Å². The van der Waals surface area contributed by atoms with E-state index in [1.54, 1.807) is 44.2 Å². The van der Waals surface area contributed by atoms with Gasteiger partial charge in [0.05, 0.1) is 19.0 Å². The first kappa shape index (κ1) is 28.5. The number of imidazole rings is 1. The van der Waals surface area contributed by atoms with Gasteiger partial charge in [0, 0.05) is 0 Å². The van der Waals surface area contributed by atoms with Gasteiger partial charge in [-0.25, -0.2) is 19.5 Å². The normalized spacial score (nSPS) is 23.3. The van der Waals surface area contributed by atoms with Gasteiger partial charge in [0.1, 0.15) is 35.8 Å². The number of nitrogens with two attached hydrogens (primary N) is 1. The van der Waals surface area contributed by atoms with Gasteiger partial charge in [-0.1, -0.05) is 41.4 Å². The molecule has 0 unspecified atom stereocenters. The van der Waals surface area contributed by atoms with Gasteiger partial charge in [0.15, 0.2) is 22.0 Å². The molecule has 1 fully saturated rings. The van der Waals surface area contributed by atoms with Crippen molar-refractivity contribution in [3.8, 4) is 5.75 Å². The summed E-state index contributed by atoms with van der Waals surface area (Å²) in [6, 6.07) is 7.16. The zero-order chi connectivity index (χ0) is 27.7. The van der Waals surface area contributed by atoms with Gasteiger partial charge in [0.25, 0.3) is 0 Å². The number of hydrogen-bond acceptors (Lipinski definition) is 11. The van der Waals surface area contributed by atoms with Gasteiger partial charge in [-0.15, -0.1) is 0 Å². The maximum atomic E-state index is 13.7. The molecule has 3 heterocycles. The van der Waals surface area contributed by atoms with E-state index in [9.17, 15) is 14.5 Å². The predicted octanol–water partition coefficient (Wildman–Crippen LogP) is 2.97. The summed E-state index contributed by atoms with van der Waals surface area (Å²) < 4.78 is 35.6. The molecule has 2 aromatic heterocycles. The maximum absolute atomic E-state index is 13.7. The summed E-state index contributed by atoms with van der Waals surface area (Å²) in [5, 5.41) is 13.4. The average Bonchev–Trinajstić information content (AvgIpc) is 3.37. The quantitative estimate of drug-likeness (QED) is 0.180. The molecule has 0 saturated carbocycles. The molecule has 1 aliphatic rings. The number of aliphatic hydroxyl groups is 1. The van der Waals surface area contributed by atoms with Crippen LogP contribution < -0.4 is 15.3 Å². The van der Waals surface area contributed by atoms with E-state index in [4.69, 9.17) is 47.5 Å². The Morgan fingerprint density at radius 1 is 1.26 bits per heavy atom. The van der Waals surface area contributed by atoms with E-state index < -0.39 is 49.1 Å². The number of anilines is 1. The topological polar surface area (TPSA) is 173 Å². The van der Waals surface area contributed by atoms with Gasteiger partial charge >= 0.3 is 13.7 Å². The van der Waals surface area contributed by atoms with Crippen molar-refractivity contribution >= 4 is 53.9 Å². The van der Waals surface area contributed by atoms with Crippen LogP contribution in [0.5, 0.6) is 5.75 Å². The number of alkyl halides is 2. The SMILES string of the molecule is CC(C)OC(=O)[C@H](C)N[P@](=O)(OC[C@H]1O[C@@H](n2cnc3c(N)ncnc32)C(Cl)(Cl)[C@@H]1O)Oc1ccccc1. The standard InChI is InChI=1S/C22H27Cl2N6O7P/c1-12(2)35-20(32)13(3)29-38(33,37-14-7-5-4-6-8-14)34-9-15-17(31)22(23,24)21(36-15)30-11-28-16-18(25)26-10-27-19(16)30/h4-8,10-13,15,17,21,31H,9H2,1-3H3,(H,29,33)(H2,25,26,27)/t13-,15+,17+,21+,38-/m0/s1. The fourth-order valence-corrected chi connectivity index (χ4v) is 5.75. The minimum absolute atomic E-state index is 0.136. The number of rotatable bonds is 10. The smallest absolute Gasteiger partial charge is 0.459 e. The molecule has 0 spiro atoms. The molecule has 0 bridgehead atoms. The number of nitrogen functional groups attached to an aromatic ring is 1. The third-order valence-electron chi connectivity index (χ3n) is 5.45. The second kappa shape index (κ2) is 11.3. The van der Waals surface area contributed by atoms with Crippen molar-refractivity contribution < 1.29 is 33.0 Å². The first-order valence-corrected chi connectivity index (χ1v) is 13.8. The number of hydrogen-bond donors (Lipinski definition) is 3. The number of carbonyl (C=O) groups is 1. The molecule has 0 amide bonds. The minimum atomic E-state index is -4.23. The Hall–Kier alpha value is -2.51.